The first-order valence-corrected chi connectivity index (χ1v) is 8.02. The third-order valence-electron chi connectivity index (χ3n) is 2.84. The van der Waals surface area contributed by atoms with E-state index >= 15 is 0 Å². The van der Waals surface area contributed by atoms with Gasteiger partial charge in [-0.2, -0.15) is 0 Å². The van der Waals surface area contributed by atoms with E-state index in [0.29, 0.717) is 17.4 Å². The second-order valence-electron chi connectivity index (χ2n) is 4.33. The van der Waals surface area contributed by atoms with E-state index in [0.717, 1.165) is 20.4 Å². The van der Waals surface area contributed by atoms with Gasteiger partial charge in [-0.1, -0.05) is 27.3 Å². The standard InChI is InChI=1S/C15H12BrFN2OS/c1-2-20-10-4-6-12-14(8-10)21-15(18-12)19-13-7-9(16)3-5-11(13)17/h3-8H,2H2,1H3,(H,18,19). The van der Waals surface area contributed by atoms with E-state index in [-0.39, 0.29) is 5.82 Å². The summed E-state index contributed by atoms with van der Waals surface area (Å²) in [5.74, 6) is 0.501. The fourth-order valence-electron chi connectivity index (χ4n) is 1.92. The molecular weight excluding hydrogens is 355 g/mol. The summed E-state index contributed by atoms with van der Waals surface area (Å²) in [5.41, 5.74) is 1.26. The number of fused-ring (bicyclic) bond motifs is 1. The SMILES string of the molecule is CCOc1ccc2nc(Nc3cc(Br)ccc3F)sc2c1. The van der Waals surface area contributed by atoms with Crippen molar-refractivity contribution < 1.29 is 9.13 Å². The Hall–Kier alpha value is -1.66. The maximum atomic E-state index is 13.7. The van der Waals surface area contributed by atoms with Crippen LogP contribution in [-0.4, -0.2) is 11.6 Å². The van der Waals surface area contributed by atoms with Gasteiger partial charge >= 0.3 is 0 Å². The number of hydrogen-bond donors (Lipinski definition) is 1. The van der Waals surface area contributed by atoms with Gasteiger partial charge in [-0.05, 0) is 43.3 Å². The lowest BCUT2D eigenvalue weighted by molar-refractivity contribution is 0.341. The maximum absolute atomic E-state index is 13.7. The van der Waals surface area contributed by atoms with Gasteiger partial charge in [0.25, 0.3) is 0 Å². The molecule has 0 aliphatic carbocycles. The Balaban J connectivity index is 1.92. The molecule has 0 aliphatic rings. The largest absolute Gasteiger partial charge is 0.494 e. The molecule has 0 radical (unpaired) electrons. The van der Waals surface area contributed by atoms with Gasteiger partial charge in [0.2, 0.25) is 0 Å². The molecule has 6 heteroatoms. The van der Waals surface area contributed by atoms with Crippen LogP contribution in [0.5, 0.6) is 5.75 Å². The van der Waals surface area contributed by atoms with Crippen molar-refractivity contribution in [3.8, 4) is 5.75 Å². The van der Waals surface area contributed by atoms with Gasteiger partial charge < -0.3 is 10.1 Å². The Bertz CT molecular complexity index is 790. The van der Waals surface area contributed by atoms with Crippen molar-refractivity contribution in [2.75, 3.05) is 11.9 Å². The lowest BCUT2D eigenvalue weighted by Crippen LogP contribution is -1.92. The monoisotopic (exact) mass is 366 g/mol. The number of benzene rings is 2. The molecule has 0 saturated heterocycles. The molecule has 3 rings (SSSR count). The summed E-state index contributed by atoms with van der Waals surface area (Å²) < 4.78 is 21.0. The molecule has 1 heterocycles. The zero-order chi connectivity index (χ0) is 14.8. The van der Waals surface area contributed by atoms with Crippen molar-refractivity contribution in [3.05, 3.63) is 46.7 Å². The Kier molecular flexibility index (Phi) is 4.07. The quantitative estimate of drug-likeness (QED) is 0.676. The smallest absolute Gasteiger partial charge is 0.188 e. The molecule has 0 saturated carbocycles. The minimum atomic E-state index is -0.313. The molecule has 0 amide bonds. The molecular formula is C15H12BrFN2OS. The Labute approximate surface area is 133 Å². The van der Waals surface area contributed by atoms with E-state index in [2.05, 4.69) is 26.2 Å². The molecule has 3 aromatic rings. The summed E-state index contributed by atoms with van der Waals surface area (Å²) in [6, 6.07) is 10.5. The van der Waals surface area contributed by atoms with Crippen LogP contribution in [0.1, 0.15) is 6.92 Å². The predicted molar refractivity (Wildman–Crippen MR) is 88.2 cm³/mol. The van der Waals surface area contributed by atoms with E-state index in [1.165, 1.54) is 17.4 Å². The highest BCUT2D eigenvalue weighted by molar-refractivity contribution is 9.10. The van der Waals surface area contributed by atoms with Crippen LogP contribution < -0.4 is 10.1 Å². The van der Waals surface area contributed by atoms with Gasteiger partial charge in [0.15, 0.2) is 5.13 Å². The van der Waals surface area contributed by atoms with Crippen LogP contribution >= 0.6 is 27.3 Å². The van der Waals surface area contributed by atoms with Gasteiger partial charge in [0.05, 0.1) is 22.5 Å². The number of hydrogen-bond acceptors (Lipinski definition) is 4. The molecule has 0 unspecified atom stereocenters. The highest BCUT2D eigenvalue weighted by Gasteiger charge is 2.08. The van der Waals surface area contributed by atoms with Crippen molar-refractivity contribution in [3.63, 3.8) is 0 Å². The Morgan fingerprint density at radius 2 is 2.14 bits per heavy atom. The van der Waals surface area contributed by atoms with Crippen molar-refractivity contribution >= 4 is 48.3 Å². The molecule has 1 N–H and O–H groups in total. The van der Waals surface area contributed by atoms with Crippen LogP contribution in [-0.2, 0) is 0 Å². The molecule has 0 aliphatic heterocycles. The van der Waals surface area contributed by atoms with Crippen LogP contribution in [0.4, 0.5) is 15.2 Å². The molecule has 3 nitrogen and oxygen atoms in total. The molecule has 2 aromatic carbocycles. The summed E-state index contributed by atoms with van der Waals surface area (Å²) in [6.45, 7) is 2.57. The molecule has 1 aromatic heterocycles. The second-order valence-corrected chi connectivity index (χ2v) is 6.28. The van der Waals surface area contributed by atoms with Crippen molar-refractivity contribution in [1.29, 1.82) is 0 Å². The summed E-state index contributed by atoms with van der Waals surface area (Å²) in [7, 11) is 0. The highest BCUT2D eigenvalue weighted by atomic mass is 79.9. The third kappa shape index (κ3) is 3.16. The normalized spacial score (nSPS) is 10.8. The van der Waals surface area contributed by atoms with Crippen LogP contribution in [0, 0.1) is 5.82 Å². The number of rotatable bonds is 4. The summed E-state index contributed by atoms with van der Waals surface area (Å²) >= 11 is 4.79. The van der Waals surface area contributed by atoms with E-state index in [9.17, 15) is 4.39 Å². The first-order chi connectivity index (χ1) is 10.2. The summed E-state index contributed by atoms with van der Waals surface area (Å²) in [5, 5.41) is 3.66. The van der Waals surface area contributed by atoms with E-state index in [1.54, 1.807) is 12.1 Å². The van der Waals surface area contributed by atoms with E-state index < -0.39 is 0 Å². The topological polar surface area (TPSA) is 34.1 Å². The number of nitrogens with zero attached hydrogens (tertiary/aromatic N) is 1. The molecule has 21 heavy (non-hydrogen) atoms. The maximum Gasteiger partial charge on any atom is 0.188 e. The van der Waals surface area contributed by atoms with Gasteiger partial charge in [-0.25, -0.2) is 9.37 Å². The number of ether oxygens (including phenoxy) is 1. The van der Waals surface area contributed by atoms with Gasteiger partial charge in [-0.15, -0.1) is 0 Å². The van der Waals surface area contributed by atoms with Gasteiger partial charge in [0, 0.05) is 4.47 Å². The van der Waals surface area contributed by atoms with Crippen LogP contribution in [0.15, 0.2) is 40.9 Å². The van der Waals surface area contributed by atoms with Gasteiger partial charge in [-0.3, -0.25) is 0 Å². The van der Waals surface area contributed by atoms with E-state index in [1.807, 2.05) is 25.1 Å². The highest BCUT2D eigenvalue weighted by Crippen LogP contribution is 2.32. The molecule has 108 valence electrons. The van der Waals surface area contributed by atoms with Crippen LogP contribution in [0.25, 0.3) is 10.2 Å². The molecule has 0 fully saturated rings. The fourth-order valence-corrected chi connectivity index (χ4v) is 3.19. The molecule has 0 bridgehead atoms. The first kappa shape index (κ1) is 14.3. The molecule has 0 atom stereocenters. The average molecular weight is 367 g/mol. The number of aromatic nitrogens is 1. The third-order valence-corrected chi connectivity index (χ3v) is 4.27. The van der Waals surface area contributed by atoms with Crippen LogP contribution in [0.2, 0.25) is 0 Å². The predicted octanol–water partition coefficient (Wildman–Crippen LogP) is 5.34. The van der Waals surface area contributed by atoms with Crippen molar-refractivity contribution in [2.24, 2.45) is 0 Å². The Morgan fingerprint density at radius 3 is 2.95 bits per heavy atom. The number of halogens is 2. The van der Waals surface area contributed by atoms with Crippen LogP contribution in [0.3, 0.4) is 0 Å². The van der Waals surface area contributed by atoms with Crippen molar-refractivity contribution in [2.45, 2.75) is 6.92 Å². The summed E-state index contributed by atoms with van der Waals surface area (Å²) in [4.78, 5) is 4.45. The number of nitrogens with one attached hydrogen (secondary N) is 1. The second kappa shape index (κ2) is 5.99. The fraction of sp³-hybridized carbons (Fsp3) is 0.133. The average Bonchev–Trinajstić information content (AvgIpc) is 2.85. The number of thiazole rings is 1. The van der Waals surface area contributed by atoms with Crippen molar-refractivity contribution in [1.82, 2.24) is 4.98 Å². The lowest BCUT2D eigenvalue weighted by atomic mass is 10.3. The first-order valence-electron chi connectivity index (χ1n) is 6.41. The lowest BCUT2D eigenvalue weighted by Gasteiger charge is -2.04. The zero-order valence-electron chi connectivity index (χ0n) is 11.2. The van der Waals surface area contributed by atoms with E-state index in [4.69, 9.17) is 4.74 Å². The number of anilines is 2. The Morgan fingerprint density at radius 1 is 1.29 bits per heavy atom. The summed E-state index contributed by atoms with van der Waals surface area (Å²) in [6.07, 6.45) is 0. The minimum absolute atomic E-state index is 0.313. The minimum Gasteiger partial charge on any atom is -0.494 e. The molecule has 0 spiro atoms. The zero-order valence-corrected chi connectivity index (χ0v) is 13.6. The van der Waals surface area contributed by atoms with Gasteiger partial charge in [0.1, 0.15) is 11.6 Å².